The summed E-state index contributed by atoms with van der Waals surface area (Å²) < 4.78 is 6.75. The second-order valence-corrected chi connectivity index (χ2v) is 5.55. The third-order valence-corrected chi connectivity index (χ3v) is 3.81. The molecule has 1 aromatic carbocycles. The predicted octanol–water partition coefficient (Wildman–Crippen LogP) is 1.21. The SMILES string of the molecule is O=C(Cn1cnc(-c2ccccc2)cc1=O)NCC1CCCO1. The molecule has 0 radical (unpaired) electrons. The Morgan fingerprint density at radius 1 is 1.35 bits per heavy atom. The van der Waals surface area contributed by atoms with Gasteiger partial charge in [-0.3, -0.25) is 14.2 Å². The summed E-state index contributed by atoms with van der Waals surface area (Å²) in [4.78, 5) is 28.3. The first-order valence-corrected chi connectivity index (χ1v) is 7.72. The highest BCUT2D eigenvalue weighted by Gasteiger charge is 2.16. The zero-order valence-electron chi connectivity index (χ0n) is 12.8. The smallest absolute Gasteiger partial charge is 0.254 e. The average Bonchev–Trinajstić information content (AvgIpc) is 3.09. The number of hydrogen-bond donors (Lipinski definition) is 1. The number of benzene rings is 1. The van der Waals surface area contributed by atoms with Crippen LogP contribution in [0.3, 0.4) is 0 Å². The summed E-state index contributed by atoms with van der Waals surface area (Å²) in [5.74, 6) is -0.211. The lowest BCUT2D eigenvalue weighted by molar-refractivity contribution is -0.122. The van der Waals surface area contributed by atoms with Crippen LogP contribution in [0, 0.1) is 0 Å². The molecule has 1 N–H and O–H groups in total. The van der Waals surface area contributed by atoms with E-state index >= 15 is 0 Å². The minimum Gasteiger partial charge on any atom is -0.376 e. The number of amides is 1. The summed E-state index contributed by atoms with van der Waals surface area (Å²) in [5.41, 5.74) is 1.23. The minimum atomic E-state index is -0.244. The highest BCUT2D eigenvalue weighted by atomic mass is 16.5. The second-order valence-electron chi connectivity index (χ2n) is 5.55. The van der Waals surface area contributed by atoms with Gasteiger partial charge in [0, 0.05) is 24.8 Å². The van der Waals surface area contributed by atoms with Crippen molar-refractivity contribution in [2.75, 3.05) is 13.2 Å². The van der Waals surface area contributed by atoms with Crippen LogP contribution in [-0.4, -0.2) is 34.7 Å². The van der Waals surface area contributed by atoms with Crippen molar-refractivity contribution in [3.05, 3.63) is 53.1 Å². The molecule has 1 aliphatic heterocycles. The molecular formula is C17H19N3O3. The summed E-state index contributed by atoms with van der Waals surface area (Å²) >= 11 is 0. The summed E-state index contributed by atoms with van der Waals surface area (Å²) in [6.45, 7) is 1.21. The van der Waals surface area contributed by atoms with Gasteiger partial charge in [0.25, 0.3) is 5.56 Å². The van der Waals surface area contributed by atoms with E-state index in [1.807, 2.05) is 30.3 Å². The first-order valence-electron chi connectivity index (χ1n) is 7.72. The monoisotopic (exact) mass is 313 g/mol. The zero-order valence-corrected chi connectivity index (χ0v) is 12.8. The maximum atomic E-state index is 12.1. The van der Waals surface area contributed by atoms with Crippen LogP contribution in [0.2, 0.25) is 0 Å². The zero-order chi connectivity index (χ0) is 16.1. The number of carbonyl (C=O) groups excluding carboxylic acids is 1. The fourth-order valence-electron chi connectivity index (χ4n) is 2.56. The van der Waals surface area contributed by atoms with Crippen molar-refractivity contribution in [3.63, 3.8) is 0 Å². The Balaban J connectivity index is 1.62. The quantitative estimate of drug-likeness (QED) is 0.900. The third kappa shape index (κ3) is 4.04. The lowest BCUT2D eigenvalue weighted by atomic mass is 10.1. The van der Waals surface area contributed by atoms with Crippen LogP contribution in [0.15, 0.2) is 47.5 Å². The Morgan fingerprint density at radius 3 is 2.87 bits per heavy atom. The molecule has 1 saturated heterocycles. The summed E-state index contributed by atoms with van der Waals surface area (Å²) in [6.07, 6.45) is 3.50. The molecule has 1 amide bonds. The second kappa shape index (κ2) is 7.19. The number of aromatic nitrogens is 2. The normalized spacial score (nSPS) is 17.1. The maximum absolute atomic E-state index is 12.1. The van der Waals surface area contributed by atoms with Crippen molar-refractivity contribution in [1.29, 1.82) is 0 Å². The number of rotatable bonds is 5. The Hall–Kier alpha value is -2.47. The lowest BCUT2D eigenvalue weighted by Gasteiger charge is -2.11. The Morgan fingerprint density at radius 2 is 2.17 bits per heavy atom. The molecule has 0 spiro atoms. The molecule has 1 aromatic heterocycles. The molecule has 0 bridgehead atoms. The fraction of sp³-hybridized carbons (Fsp3) is 0.353. The van der Waals surface area contributed by atoms with Crippen LogP contribution >= 0.6 is 0 Å². The molecule has 0 aliphatic carbocycles. The molecule has 120 valence electrons. The maximum Gasteiger partial charge on any atom is 0.254 e. The molecule has 6 nitrogen and oxygen atoms in total. The summed E-state index contributed by atoms with van der Waals surface area (Å²) in [5, 5.41) is 2.80. The van der Waals surface area contributed by atoms with E-state index in [2.05, 4.69) is 10.3 Å². The molecular weight excluding hydrogens is 294 g/mol. The van der Waals surface area contributed by atoms with Crippen LogP contribution < -0.4 is 10.9 Å². The minimum absolute atomic E-state index is 0.0341. The fourth-order valence-corrected chi connectivity index (χ4v) is 2.56. The molecule has 0 saturated carbocycles. The Labute approximate surface area is 134 Å². The van der Waals surface area contributed by atoms with Crippen molar-refractivity contribution >= 4 is 5.91 Å². The van der Waals surface area contributed by atoms with Crippen molar-refractivity contribution in [2.45, 2.75) is 25.5 Å². The summed E-state index contributed by atoms with van der Waals surface area (Å²) in [7, 11) is 0. The third-order valence-electron chi connectivity index (χ3n) is 3.81. The first kappa shape index (κ1) is 15.4. The van der Waals surface area contributed by atoms with Gasteiger partial charge in [0.15, 0.2) is 0 Å². The van der Waals surface area contributed by atoms with Crippen LogP contribution in [0.5, 0.6) is 0 Å². The topological polar surface area (TPSA) is 73.2 Å². The molecule has 6 heteroatoms. The van der Waals surface area contributed by atoms with Crippen LogP contribution in [0.1, 0.15) is 12.8 Å². The largest absolute Gasteiger partial charge is 0.376 e. The van der Waals surface area contributed by atoms with E-state index in [0.717, 1.165) is 25.0 Å². The Kier molecular flexibility index (Phi) is 4.83. The van der Waals surface area contributed by atoms with E-state index in [0.29, 0.717) is 12.2 Å². The number of nitrogens with one attached hydrogen (secondary N) is 1. The standard InChI is InChI=1S/C17H19N3O3/c21-16(18-10-14-7-4-8-23-14)11-20-12-19-15(9-17(20)22)13-5-2-1-3-6-13/h1-3,5-6,9,12,14H,4,7-8,10-11H2,(H,18,21). The number of nitrogens with zero attached hydrogens (tertiary/aromatic N) is 2. The molecule has 1 atom stereocenters. The van der Waals surface area contributed by atoms with Gasteiger partial charge < -0.3 is 10.1 Å². The van der Waals surface area contributed by atoms with Crippen LogP contribution in [-0.2, 0) is 16.1 Å². The molecule has 2 heterocycles. The van der Waals surface area contributed by atoms with Crippen molar-refractivity contribution in [2.24, 2.45) is 0 Å². The highest BCUT2D eigenvalue weighted by Crippen LogP contribution is 2.13. The van der Waals surface area contributed by atoms with Crippen LogP contribution in [0.4, 0.5) is 0 Å². The lowest BCUT2D eigenvalue weighted by Crippen LogP contribution is -2.36. The van der Waals surface area contributed by atoms with E-state index in [1.54, 1.807) is 0 Å². The number of ether oxygens (including phenoxy) is 1. The van der Waals surface area contributed by atoms with Gasteiger partial charge >= 0.3 is 0 Å². The number of carbonyl (C=O) groups is 1. The van der Waals surface area contributed by atoms with Gasteiger partial charge in [-0.1, -0.05) is 30.3 Å². The van der Waals surface area contributed by atoms with Gasteiger partial charge in [-0.2, -0.15) is 0 Å². The van der Waals surface area contributed by atoms with Gasteiger partial charge in [0.2, 0.25) is 5.91 Å². The Bertz CT molecular complexity index is 721. The molecule has 2 aromatic rings. The molecule has 1 fully saturated rings. The summed E-state index contributed by atoms with van der Waals surface area (Å²) in [6, 6.07) is 10.9. The molecule has 1 aliphatic rings. The van der Waals surface area contributed by atoms with Crippen molar-refractivity contribution in [3.8, 4) is 11.3 Å². The van der Waals surface area contributed by atoms with Gasteiger partial charge in [-0.15, -0.1) is 0 Å². The van der Waals surface area contributed by atoms with E-state index in [4.69, 9.17) is 4.74 Å². The van der Waals surface area contributed by atoms with Gasteiger partial charge in [-0.25, -0.2) is 4.98 Å². The predicted molar refractivity (Wildman–Crippen MR) is 85.9 cm³/mol. The highest BCUT2D eigenvalue weighted by molar-refractivity contribution is 5.75. The molecule has 23 heavy (non-hydrogen) atoms. The van der Waals surface area contributed by atoms with Crippen LogP contribution in [0.25, 0.3) is 11.3 Å². The van der Waals surface area contributed by atoms with Crippen molar-refractivity contribution < 1.29 is 9.53 Å². The average molecular weight is 313 g/mol. The molecule has 1 unspecified atom stereocenters. The van der Waals surface area contributed by atoms with E-state index in [1.165, 1.54) is 17.0 Å². The van der Waals surface area contributed by atoms with E-state index < -0.39 is 0 Å². The van der Waals surface area contributed by atoms with Gasteiger partial charge in [-0.05, 0) is 12.8 Å². The number of hydrogen-bond acceptors (Lipinski definition) is 4. The first-order chi connectivity index (χ1) is 11.2. The molecule has 3 rings (SSSR count). The van der Waals surface area contributed by atoms with E-state index in [9.17, 15) is 9.59 Å². The van der Waals surface area contributed by atoms with Gasteiger partial charge in [0.1, 0.15) is 6.54 Å². The van der Waals surface area contributed by atoms with Crippen molar-refractivity contribution in [1.82, 2.24) is 14.9 Å². The van der Waals surface area contributed by atoms with E-state index in [-0.39, 0.29) is 24.1 Å². The van der Waals surface area contributed by atoms with Gasteiger partial charge in [0.05, 0.1) is 18.1 Å².